The number of carboxylic acids is 1. The first-order chi connectivity index (χ1) is 18.2. The third-order valence-electron chi connectivity index (χ3n) is 5.66. The van der Waals surface area contributed by atoms with Crippen molar-refractivity contribution in [2.45, 2.75) is 53.0 Å². The number of rotatable bonds is 10. The number of pyridine rings is 1. The average molecular weight is 545 g/mol. The molecule has 2 N–H and O–H groups in total. The molecule has 0 radical (unpaired) electrons. The molecule has 1 atom stereocenters. The number of hydrogen-bond donors (Lipinski definition) is 2. The summed E-state index contributed by atoms with van der Waals surface area (Å²) in [6.07, 6.45) is -3.02. The van der Waals surface area contributed by atoms with Gasteiger partial charge in [-0.25, -0.2) is 0 Å². The molecule has 3 aromatic rings. The van der Waals surface area contributed by atoms with E-state index in [-0.39, 0.29) is 36.1 Å². The summed E-state index contributed by atoms with van der Waals surface area (Å²) in [4.78, 5) is 27.4. The van der Waals surface area contributed by atoms with Crippen LogP contribution in [0.3, 0.4) is 0 Å². The lowest BCUT2D eigenvalue weighted by atomic mass is 9.86. The largest absolute Gasteiger partial charge is 0.573 e. The Bertz CT molecular complexity index is 1280. The molecule has 10 heteroatoms. The predicted molar refractivity (Wildman–Crippen MR) is 140 cm³/mol. The Kier molecular flexibility index (Phi) is 9.21. The predicted octanol–water partition coefficient (Wildman–Crippen LogP) is 6.72. The van der Waals surface area contributed by atoms with Crippen LogP contribution < -0.4 is 14.8 Å². The van der Waals surface area contributed by atoms with Gasteiger partial charge < -0.3 is 19.9 Å². The van der Waals surface area contributed by atoms with Crippen LogP contribution in [0.2, 0.25) is 0 Å². The Labute approximate surface area is 225 Å². The highest BCUT2D eigenvalue weighted by Gasteiger charge is 2.31. The molecule has 3 rings (SSSR count). The highest BCUT2D eigenvalue weighted by Crippen LogP contribution is 2.35. The van der Waals surface area contributed by atoms with Gasteiger partial charge in [-0.15, -0.1) is 13.2 Å². The average Bonchev–Trinajstić information content (AvgIpc) is 2.82. The van der Waals surface area contributed by atoms with Crippen LogP contribution in [0.5, 0.6) is 11.5 Å². The lowest BCUT2D eigenvalue weighted by molar-refractivity contribution is -0.274. The van der Waals surface area contributed by atoms with E-state index in [2.05, 4.69) is 35.8 Å². The Morgan fingerprint density at radius 2 is 1.64 bits per heavy atom. The fraction of sp³-hybridized carbons (Fsp3) is 0.345. The lowest BCUT2D eigenvalue weighted by Gasteiger charge is -2.27. The van der Waals surface area contributed by atoms with Crippen molar-refractivity contribution in [3.8, 4) is 22.8 Å². The summed E-state index contributed by atoms with van der Waals surface area (Å²) >= 11 is 0. The van der Waals surface area contributed by atoms with Crippen molar-refractivity contribution < 1.29 is 37.3 Å². The highest BCUT2D eigenvalue weighted by molar-refractivity contribution is 5.94. The van der Waals surface area contributed by atoms with Gasteiger partial charge in [-0.05, 0) is 72.4 Å². The molecule has 208 valence electrons. The zero-order valence-electron chi connectivity index (χ0n) is 22.1. The number of nitrogens with zero attached hydrogens (tertiary/aromatic N) is 1. The first-order valence-electron chi connectivity index (χ1n) is 12.3. The van der Waals surface area contributed by atoms with Gasteiger partial charge in [0.25, 0.3) is 5.91 Å². The minimum atomic E-state index is -4.76. The first kappa shape index (κ1) is 29.5. The molecule has 2 aromatic carbocycles. The van der Waals surface area contributed by atoms with Gasteiger partial charge in [0, 0.05) is 17.7 Å². The van der Waals surface area contributed by atoms with Crippen molar-refractivity contribution in [2.24, 2.45) is 5.41 Å². The molecule has 0 aliphatic rings. The summed E-state index contributed by atoms with van der Waals surface area (Å²) in [5.74, 6) is -1.13. The summed E-state index contributed by atoms with van der Waals surface area (Å²) in [5.41, 5.74) is 3.20. The normalized spacial score (nSPS) is 12.5. The van der Waals surface area contributed by atoms with Gasteiger partial charge in [-0.1, -0.05) is 32.9 Å². The zero-order chi connectivity index (χ0) is 28.8. The zero-order valence-corrected chi connectivity index (χ0v) is 22.1. The van der Waals surface area contributed by atoms with Crippen molar-refractivity contribution in [3.05, 3.63) is 77.5 Å². The van der Waals surface area contributed by atoms with Gasteiger partial charge in [0.15, 0.2) is 0 Å². The number of aliphatic carboxylic acids is 1. The Morgan fingerprint density at radius 1 is 1.00 bits per heavy atom. The van der Waals surface area contributed by atoms with Crippen LogP contribution in [0, 0.1) is 12.3 Å². The highest BCUT2D eigenvalue weighted by atomic mass is 19.4. The third kappa shape index (κ3) is 9.31. The second kappa shape index (κ2) is 12.2. The molecule has 7 nitrogen and oxygen atoms in total. The fourth-order valence-electron chi connectivity index (χ4n) is 3.91. The maximum atomic E-state index is 12.4. The van der Waals surface area contributed by atoms with Gasteiger partial charge in [-0.2, -0.15) is 0 Å². The number of ether oxygens (including phenoxy) is 2. The molecular weight excluding hydrogens is 513 g/mol. The molecule has 0 aliphatic carbocycles. The maximum absolute atomic E-state index is 12.4. The second-order valence-electron chi connectivity index (χ2n) is 10.3. The molecule has 0 saturated carbocycles. The van der Waals surface area contributed by atoms with E-state index >= 15 is 0 Å². The van der Waals surface area contributed by atoms with Crippen LogP contribution in [0.4, 0.5) is 13.2 Å². The van der Waals surface area contributed by atoms with Gasteiger partial charge in [0.1, 0.15) is 17.6 Å². The number of hydrogen-bond acceptors (Lipinski definition) is 5. The Morgan fingerprint density at radius 3 is 2.18 bits per heavy atom. The van der Waals surface area contributed by atoms with E-state index in [1.165, 1.54) is 24.3 Å². The topological polar surface area (TPSA) is 97.8 Å². The molecule has 0 fully saturated rings. The summed E-state index contributed by atoms with van der Waals surface area (Å²) in [7, 11) is 0. The monoisotopic (exact) mass is 544 g/mol. The van der Waals surface area contributed by atoms with E-state index < -0.39 is 12.3 Å². The van der Waals surface area contributed by atoms with Gasteiger partial charge in [0.2, 0.25) is 0 Å². The number of halogens is 3. The van der Waals surface area contributed by atoms with E-state index in [1.54, 1.807) is 18.3 Å². The van der Waals surface area contributed by atoms with Crippen LogP contribution in [0.1, 0.15) is 61.2 Å². The summed E-state index contributed by atoms with van der Waals surface area (Å²) in [6.45, 7) is 8.15. The van der Waals surface area contributed by atoms with E-state index in [9.17, 15) is 22.8 Å². The number of aromatic nitrogens is 1. The molecule has 1 heterocycles. The fourth-order valence-corrected chi connectivity index (χ4v) is 3.91. The van der Waals surface area contributed by atoms with Crippen molar-refractivity contribution in [3.63, 3.8) is 0 Å². The van der Waals surface area contributed by atoms with E-state index in [1.807, 2.05) is 25.1 Å². The molecule has 0 saturated heterocycles. The first-order valence-corrected chi connectivity index (χ1v) is 12.3. The van der Waals surface area contributed by atoms with Crippen LogP contribution >= 0.6 is 0 Å². The summed E-state index contributed by atoms with van der Waals surface area (Å²) < 4.78 is 47.6. The van der Waals surface area contributed by atoms with Crippen molar-refractivity contribution in [2.75, 3.05) is 6.54 Å². The third-order valence-corrected chi connectivity index (χ3v) is 5.66. The van der Waals surface area contributed by atoms with Crippen LogP contribution in [-0.2, 0) is 4.79 Å². The number of benzene rings is 2. The second-order valence-corrected chi connectivity index (χ2v) is 10.3. The van der Waals surface area contributed by atoms with Gasteiger partial charge in [-0.3, -0.25) is 14.6 Å². The molecule has 0 spiro atoms. The molecule has 0 aliphatic heterocycles. The minimum absolute atomic E-state index is 0.0412. The van der Waals surface area contributed by atoms with E-state index in [0.717, 1.165) is 11.1 Å². The lowest BCUT2D eigenvalue weighted by Crippen LogP contribution is -2.26. The molecule has 39 heavy (non-hydrogen) atoms. The Hall–Kier alpha value is -4.08. The van der Waals surface area contributed by atoms with Crippen LogP contribution in [0.25, 0.3) is 11.3 Å². The maximum Gasteiger partial charge on any atom is 0.573 e. The minimum Gasteiger partial charge on any atom is -0.484 e. The van der Waals surface area contributed by atoms with Crippen molar-refractivity contribution >= 4 is 11.9 Å². The number of alkyl halides is 3. The molecule has 1 aromatic heterocycles. The number of nitrogens with one attached hydrogen (secondary N) is 1. The van der Waals surface area contributed by atoms with Crippen LogP contribution in [-0.4, -0.2) is 34.9 Å². The smallest absolute Gasteiger partial charge is 0.484 e. The van der Waals surface area contributed by atoms with E-state index in [0.29, 0.717) is 29.0 Å². The Balaban J connectivity index is 1.76. The van der Waals surface area contributed by atoms with Crippen molar-refractivity contribution in [1.29, 1.82) is 0 Å². The summed E-state index contributed by atoms with van der Waals surface area (Å²) in [6, 6.07) is 14.3. The number of amides is 1. The number of carbonyl (C=O) groups is 2. The van der Waals surface area contributed by atoms with E-state index in [4.69, 9.17) is 9.84 Å². The SMILES string of the molecule is Cc1cc(OC(CC(C)(C)C)c2ccc(C(=O)NCCC(=O)O)cc2)cnc1-c1ccc(OC(F)(F)F)cc1. The number of carbonyl (C=O) groups excluding carboxylic acids is 1. The molecule has 1 unspecified atom stereocenters. The standard InChI is InChI=1S/C29H31F3N2O5/c1-18-15-23(17-34-26(18)20-9-11-22(12-10-20)39-29(30,31)32)38-24(16-28(2,3)4)19-5-7-21(8-6-19)27(37)33-14-13-25(35)36/h5-12,15,17,24H,13-14,16H2,1-4H3,(H,33,37)(H,35,36). The molecule has 0 bridgehead atoms. The van der Waals surface area contributed by atoms with Gasteiger partial charge >= 0.3 is 12.3 Å². The summed E-state index contributed by atoms with van der Waals surface area (Å²) in [5, 5.41) is 11.3. The number of aryl methyl sites for hydroxylation is 1. The van der Waals surface area contributed by atoms with Gasteiger partial charge in [0.05, 0.1) is 18.3 Å². The molecule has 1 amide bonds. The quantitative estimate of drug-likeness (QED) is 0.294. The van der Waals surface area contributed by atoms with Crippen LogP contribution in [0.15, 0.2) is 60.8 Å². The van der Waals surface area contributed by atoms with Crippen molar-refractivity contribution in [1.82, 2.24) is 10.3 Å². The molecular formula is C29H31F3N2O5. The number of carboxylic acid groups (broad SMARTS) is 1.